The average Bonchev–Trinajstić information content (AvgIpc) is 3.13. The zero-order chi connectivity index (χ0) is 12.9. The van der Waals surface area contributed by atoms with Crippen molar-refractivity contribution >= 4 is 17.0 Å². The van der Waals surface area contributed by atoms with E-state index in [4.69, 9.17) is 4.74 Å². The Kier molecular flexibility index (Phi) is 2.40. The predicted molar refractivity (Wildman–Crippen MR) is 68.8 cm³/mol. The van der Waals surface area contributed by atoms with Crippen LogP contribution < -0.4 is 0 Å². The van der Waals surface area contributed by atoms with Gasteiger partial charge in [0.25, 0.3) is 0 Å². The first-order chi connectivity index (χ1) is 8.61. The van der Waals surface area contributed by atoms with Gasteiger partial charge in [-0.15, -0.1) is 0 Å². The number of esters is 1. The zero-order valence-corrected chi connectivity index (χ0v) is 10.9. The molecule has 1 aliphatic carbocycles. The fourth-order valence-electron chi connectivity index (χ4n) is 2.48. The van der Waals surface area contributed by atoms with Gasteiger partial charge in [0.05, 0.1) is 23.7 Å². The number of hydrogen-bond donors (Lipinski definition) is 0. The van der Waals surface area contributed by atoms with Crippen molar-refractivity contribution in [1.29, 1.82) is 0 Å². The van der Waals surface area contributed by atoms with Crippen molar-refractivity contribution in [3.8, 4) is 0 Å². The molecule has 0 unspecified atom stereocenters. The lowest BCUT2D eigenvalue weighted by molar-refractivity contribution is 0.0602. The van der Waals surface area contributed by atoms with Crippen LogP contribution in [-0.4, -0.2) is 22.6 Å². The summed E-state index contributed by atoms with van der Waals surface area (Å²) in [4.78, 5) is 16.5. The number of nitrogens with zero attached hydrogens (tertiary/aromatic N) is 2. The van der Waals surface area contributed by atoms with Crippen molar-refractivity contribution < 1.29 is 9.53 Å². The third-order valence-electron chi connectivity index (χ3n) is 3.50. The summed E-state index contributed by atoms with van der Waals surface area (Å²) in [5.74, 6) is 1.35. The van der Waals surface area contributed by atoms with Gasteiger partial charge in [0, 0.05) is 13.0 Å². The fraction of sp³-hybridized carbons (Fsp3) is 0.429. The molecule has 18 heavy (non-hydrogen) atoms. The lowest BCUT2D eigenvalue weighted by Gasteiger charge is -2.06. The molecule has 1 aromatic heterocycles. The lowest BCUT2D eigenvalue weighted by atomic mass is 10.1. The number of benzene rings is 1. The third-order valence-corrected chi connectivity index (χ3v) is 3.50. The Morgan fingerprint density at radius 3 is 2.78 bits per heavy atom. The van der Waals surface area contributed by atoms with Gasteiger partial charge in [0.2, 0.25) is 0 Å². The van der Waals surface area contributed by atoms with E-state index in [-0.39, 0.29) is 5.97 Å². The van der Waals surface area contributed by atoms with E-state index in [9.17, 15) is 4.79 Å². The summed E-state index contributed by atoms with van der Waals surface area (Å²) in [7, 11) is 3.39. The number of rotatable bonds is 2. The first-order valence-corrected chi connectivity index (χ1v) is 6.17. The van der Waals surface area contributed by atoms with Crippen LogP contribution in [-0.2, 0) is 11.8 Å². The summed E-state index contributed by atoms with van der Waals surface area (Å²) in [6.07, 6.45) is 2.40. The van der Waals surface area contributed by atoms with Gasteiger partial charge in [-0.1, -0.05) is 0 Å². The van der Waals surface area contributed by atoms with E-state index in [1.165, 1.54) is 20.0 Å². The molecule has 3 rings (SSSR count). The highest BCUT2D eigenvalue weighted by Gasteiger charge is 2.29. The van der Waals surface area contributed by atoms with Crippen LogP contribution in [0.1, 0.15) is 40.5 Å². The quantitative estimate of drug-likeness (QED) is 0.762. The number of ether oxygens (including phenoxy) is 1. The largest absolute Gasteiger partial charge is 0.465 e. The molecule has 0 bridgehead atoms. The molecule has 4 heteroatoms. The molecule has 1 aliphatic rings. The van der Waals surface area contributed by atoms with Gasteiger partial charge in [-0.25, -0.2) is 9.78 Å². The van der Waals surface area contributed by atoms with Crippen LogP contribution in [0.25, 0.3) is 11.0 Å². The van der Waals surface area contributed by atoms with Crippen LogP contribution >= 0.6 is 0 Å². The average molecular weight is 244 g/mol. The van der Waals surface area contributed by atoms with Gasteiger partial charge in [0.15, 0.2) is 0 Å². The van der Waals surface area contributed by atoms with E-state index < -0.39 is 0 Å². The number of aryl methyl sites for hydroxylation is 2. The first kappa shape index (κ1) is 11.3. The summed E-state index contributed by atoms with van der Waals surface area (Å²) in [5.41, 5.74) is 3.41. The van der Waals surface area contributed by atoms with Gasteiger partial charge >= 0.3 is 5.97 Å². The van der Waals surface area contributed by atoms with Crippen molar-refractivity contribution in [1.82, 2.24) is 9.55 Å². The van der Waals surface area contributed by atoms with Crippen LogP contribution in [0.15, 0.2) is 12.1 Å². The van der Waals surface area contributed by atoms with Gasteiger partial charge in [0.1, 0.15) is 5.82 Å². The molecule has 94 valence electrons. The number of imidazole rings is 1. The van der Waals surface area contributed by atoms with Crippen molar-refractivity contribution in [2.45, 2.75) is 25.7 Å². The Morgan fingerprint density at radius 1 is 1.44 bits per heavy atom. The number of carbonyl (C=O) groups excluding carboxylic acids is 1. The lowest BCUT2D eigenvalue weighted by Crippen LogP contribution is -2.05. The van der Waals surface area contributed by atoms with Crippen LogP contribution in [0, 0.1) is 6.92 Å². The van der Waals surface area contributed by atoms with Crippen molar-refractivity contribution in [2.24, 2.45) is 7.05 Å². The van der Waals surface area contributed by atoms with Crippen molar-refractivity contribution in [3.05, 3.63) is 29.1 Å². The monoisotopic (exact) mass is 244 g/mol. The molecule has 1 aromatic carbocycles. The second kappa shape index (κ2) is 3.83. The molecule has 1 saturated carbocycles. The Balaban J connectivity index is 2.30. The minimum Gasteiger partial charge on any atom is -0.465 e. The van der Waals surface area contributed by atoms with Crippen LogP contribution in [0.4, 0.5) is 0 Å². The fourth-order valence-corrected chi connectivity index (χ4v) is 2.48. The maximum atomic E-state index is 11.9. The zero-order valence-electron chi connectivity index (χ0n) is 10.9. The topological polar surface area (TPSA) is 44.1 Å². The van der Waals surface area contributed by atoms with Gasteiger partial charge < -0.3 is 9.30 Å². The number of fused-ring (bicyclic) bond motifs is 1. The molecule has 0 radical (unpaired) electrons. The van der Waals surface area contributed by atoms with Gasteiger partial charge in [-0.2, -0.15) is 0 Å². The first-order valence-electron chi connectivity index (χ1n) is 6.17. The molecule has 1 heterocycles. The molecule has 4 nitrogen and oxygen atoms in total. The highest BCUT2D eigenvalue weighted by molar-refractivity contribution is 6.02. The number of aromatic nitrogens is 2. The van der Waals surface area contributed by atoms with Crippen LogP contribution in [0.3, 0.4) is 0 Å². The van der Waals surface area contributed by atoms with E-state index in [0.717, 1.165) is 22.4 Å². The highest BCUT2D eigenvalue weighted by atomic mass is 16.5. The Morgan fingerprint density at radius 2 is 2.17 bits per heavy atom. The van der Waals surface area contributed by atoms with E-state index in [1.807, 2.05) is 30.7 Å². The summed E-state index contributed by atoms with van der Waals surface area (Å²) in [6, 6.07) is 3.89. The second-order valence-corrected chi connectivity index (χ2v) is 4.98. The van der Waals surface area contributed by atoms with Gasteiger partial charge in [-0.05, 0) is 37.5 Å². The molecular formula is C14H16N2O2. The maximum Gasteiger partial charge on any atom is 0.340 e. The minimum atomic E-state index is -0.297. The standard InChI is InChI=1S/C14H16N2O2/c1-8-6-10(14(17)18-3)12-11(7-8)15-13(16(12)2)9-4-5-9/h6-7,9H,4-5H2,1-3H3. The Hall–Kier alpha value is -1.84. The van der Waals surface area contributed by atoms with E-state index in [1.54, 1.807) is 0 Å². The van der Waals surface area contributed by atoms with E-state index >= 15 is 0 Å². The second-order valence-electron chi connectivity index (χ2n) is 4.98. The molecule has 0 N–H and O–H groups in total. The van der Waals surface area contributed by atoms with Gasteiger partial charge in [-0.3, -0.25) is 0 Å². The minimum absolute atomic E-state index is 0.297. The summed E-state index contributed by atoms with van der Waals surface area (Å²) >= 11 is 0. The smallest absolute Gasteiger partial charge is 0.340 e. The van der Waals surface area contributed by atoms with Crippen LogP contribution in [0.2, 0.25) is 0 Å². The van der Waals surface area contributed by atoms with Crippen LogP contribution in [0.5, 0.6) is 0 Å². The SMILES string of the molecule is COC(=O)c1cc(C)cc2nc(C3CC3)n(C)c12. The molecule has 0 amide bonds. The van der Waals surface area contributed by atoms with Crippen molar-refractivity contribution in [2.75, 3.05) is 7.11 Å². The summed E-state index contributed by atoms with van der Waals surface area (Å²) < 4.78 is 6.90. The normalized spacial score (nSPS) is 15.1. The molecule has 0 spiro atoms. The molecule has 0 aliphatic heterocycles. The Labute approximate surface area is 106 Å². The summed E-state index contributed by atoms with van der Waals surface area (Å²) in [5, 5.41) is 0. The third kappa shape index (κ3) is 1.60. The van der Waals surface area contributed by atoms with Crippen molar-refractivity contribution in [3.63, 3.8) is 0 Å². The van der Waals surface area contributed by atoms with E-state index in [0.29, 0.717) is 11.5 Å². The number of carbonyl (C=O) groups is 1. The number of hydrogen-bond acceptors (Lipinski definition) is 3. The molecule has 0 saturated heterocycles. The highest BCUT2D eigenvalue weighted by Crippen LogP contribution is 2.40. The molecule has 2 aromatic rings. The molecule has 1 fully saturated rings. The predicted octanol–water partition coefficient (Wildman–Crippen LogP) is 2.55. The number of methoxy groups -OCH3 is 1. The maximum absolute atomic E-state index is 11.9. The summed E-state index contributed by atoms with van der Waals surface area (Å²) in [6.45, 7) is 1.97. The van der Waals surface area contributed by atoms with E-state index in [2.05, 4.69) is 4.98 Å². The Bertz CT molecular complexity index is 639. The molecule has 0 atom stereocenters. The molecular weight excluding hydrogens is 228 g/mol.